The van der Waals surface area contributed by atoms with Gasteiger partial charge in [0.15, 0.2) is 11.5 Å². The van der Waals surface area contributed by atoms with E-state index < -0.39 is 0 Å². The fraction of sp³-hybridized carbons (Fsp3) is 0.421. The van der Waals surface area contributed by atoms with Crippen molar-refractivity contribution >= 4 is 11.7 Å². The summed E-state index contributed by atoms with van der Waals surface area (Å²) in [6.45, 7) is 5.78. The molecule has 25 heavy (non-hydrogen) atoms. The van der Waals surface area contributed by atoms with Crippen molar-refractivity contribution < 1.29 is 14.3 Å². The number of fused-ring (bicyclic) bond motifs is 1. The quantitative estimate of drug-likeness (QED) is 0.920. The lowest BCUT2D eigenvalue weighted by molar-refractivity contribution is 0.144. The second-order valence-corrected chi connectivity index (χ2v) is 6.51. The summed E-state index contributed by atoms with van der Waals surface area (Å²) in [6, 6.07) is 9.48. The molecule has 1 aromatic heterocycles. The third-order valence-corrected chi connectivity index (χ3v) is 4.61. The SMILES string of the molecule is COc1ccc(NC(=O)N2CCn3cccc3[C@@H]2C(C)C)cc1OC. The lowest BCUT2D eigenvalue weighted by atomic mass is 9.97. The average molecular weight is 343 g/mol. The molecule has 6 nitrogen and oxygen atoms in total. The Morgan fingerprint density at radius 1 is 1.16 bits per heavy atom. The lowest BCUT2D eigenvalue weighted by Gasteiger charge is -2.39. The normalized spacial score (nSPS) is 16.5. The van der Waals surface area contributed by atoms with Gasteiger partial charge >= 0.3 is 6.03 Å². The van der Waals surface area contributed by atoms with Crippen LogP contribution in [-0.2, 0) is 6.54 Å². The maximum absolute atomic E-state index is 12.9. The molecule has 2 amide bonds. The van der Waals surface area contributed by atoms with Crippen LogP contribution in [0.2, 0.25) is 0 Å². The molecule has 0 unspecified atom stereocenters. The van der Waals surface area contributed by atoms with E-state index in [1.54, 1.807) is 26.4 Å². The number of hydrogen-bond donors (Lipinski definition) is 1. The van der Waals surface area contributed by atoms with E-state index in [2.05, 4.69) is 36.0 Å². The zero-order valence-corrected chi connectivity index (χ0v) is 15.2. The van der Waals surface area contributed by atoms with Gasteiger partial charge in [-0.25, -0.2) is 4.79 Å². The van der Waals surface area contributed by atoms with Crippen LogP contribution in [0.1, 0.15) is 25.6 Å². The summed E-state index contributed by atoms with van der Waals surface area (Å²) in [7, 11) is 3.17. The van der Waals surface area contributed by atoms with Crippen LogP contribution in [-0.4, -0.2) is 36.3 Å². The minimum Gasteiger partial charge on any atom is -0.493 e. The van der Waals surface area contributed by atoms with Gasteiger partial charge in [0.25, 0.3) is 0 Å². The second kappa shape index (κ2) is 7.09. The van der Waals surface area contributed by atoms with Crippen LogP contribution in [0.4, 0.5) is 10.5 Å². The van der Waals surface area contributed by atoms with Gasteiger partial charge in [-0.3, -0.25) is 0 Å². The molecular weight excluding hydrogens is 318 g/mol. The van der Waals surface area contributed by atoms with Gasteiger partial charge in [0.2, 0.25) is 0 Å². The molecule has 0 radical (unpaired) electrons. The summed E-state index contributed by atoms with van der Waals surface area (Å²) >= 11 is 0. The second-order valence-electron chi connectivity index (χ2n) is 6.51. The molecule has 2 aromatic rings. The Hall–Kier alpha value is -2.63. The lowest BCUT2D eigenvalue weighted by Crippen LogP contribution is -2.45. The zero-order valence-electron chi connectivity index (χ0n) is 15.2. The van der Waals surface area contributed by atoms with Crippen molar-refractivity contribution in [2.45, 2.75) is 26.4 Å². The Morgan fingerprint density at radius 2 is 1.92 bits per heavy atom. The molecule has 0 saturated heterocycles. The zero-order chi connectivity index (χ0) is 18.0. The first kappa shape index (κ1) is 17.2. The first-order valence-electron chi connectivity index (χ1n) is 8.50. The number of amides is 2. The Bertz CT molecular complexity index is 754. The number of rotatable bonds is 4. The highest BCUT2D eigenvalue weighted by atomic mass is 16.5. The van der Waals surface area contributed by atoms with E-state index >= 15 is 0 Å². The van der Waals surface area contributed by atoms with E-state index in [1.165, 1.54) is 5.69 Å². The van der Waals surface area contributed by atoms with E-state index in [0.29, 0.717) is 29.6 Å². The van der Waals surface area contributed by atoms with Gasteiger partial charge in [-0.05, 0) is 30.2 Å². The van der Waals surface area contributed by atoms with Crippen LogP contribution in [0.3, 0.4) is 0 Å². The minimum absolute atomic E-state index is 0.0592. The summed E-state index contributed by atoms with van der Waals surface area (Å²) in [5, 5.41) is 2.99. The fourth-order valence-electron chi connectivity index (χ4n) is 3.45. The Kier molecular flexibility index (Phi) is 4.88. The van der Waals surface area contributed by atoms with Crippen LogP contribution in [0.25, 0.3) is 0 Å². The topological polar surface area (TPSA) is 55.7 Å². The molecule has 0 saturated carbocycles. The third kappa shape index (κ3) is 3.29. The summed E-state index contributed by atoms with van der Waals surface area (Å²) in [5.74, 6) is 1.55. The van der Waals surface area contributed by atoms with Gasteiger partial charge in [-0.1, -0.05) is 13.8 Å². The summed E-state index contributed by atoms with van der Waals surface area (Å²) in [6.07, 6.45) is 2.08. The highest BCUT2D eigenvalue weighted by Gasteiger charge is 2.33. The number of urea groups is 1. The molecule has 0 bridgehead atoms. The van der Waals surface area contributed by atoms with Crippen molar-refractivity contribution in [2.24, 2.45) is 5.92 Å². The molecular formula is C19H25N3O3. The Labute approximate surface area is 148 Å². The van der Waals surface area contributed by atoms with Crippen molar-refractivity contribution in [2.75, 3.05) is 26.1 Å². The molecule has 1 aromatic carbocycles. The standard InChI is InChI=1S/C19H25N3O3/c1-13(2)18-15-6-5-9-21(15)10-11-22(18)19(23)20-14-7-8-16(24-3)17(12-14)25-4/h5-9,12-13,18H,10-11H2,1-4H3,(H,20,23)/t18-/m0/s1. The monoisotopic (exact) mass is 343 g/mol. The number of ether oxygens (including phenoxy) is 2. The number of nitrogens with zero attached hydrogens (tertiary/aromatic N) is 2. The van der Waals surface area contributed by atoms with E-state index in [9.17, 15) is 4.79 Å². The Morgan fingerprint density at radius 3 is 2.60 bits per heavy atom. The molecule has 1 atom stereocenters. The first-order valence-corrected chi connectivity index (χ1v) is 8.50. The number of anilines is 1. The summed E-state index contributed by atoms with van der Waals surface area (Å²) < 4.78 is 12.8. The molecule has 0 spiro atoms. The molecule has 134 valence electrons. The van der Waals surface area contributed by atoms with Crippen LogP contribution < -0.4 is 14.8 Å². The number of aromatic nitrogens is 1. The van der Waals surface area contributed by atoms with Crippen molar-refractivity contribution in [3.05, 3.63) is 42.2 Å². The number of hydrogen-bond acceptors (Lipinski definition) is 3. The molecule has 1 aliphatic rings. The number of benzene rings is 1. The summed E-state index contributed by atoms with van der Waals surface area (Å²) in [4.78, 5) is 14.8. The molecule has 1 aliphatic heterocycles. The van der Waals surface area contributed by atoms with Crippen LogP contribution >= 0.6 is 0 Å². The average Bonchev–Trinajstić information content (AvgIpc) is 3.08. The largest absolute Gasteiger partial charge is 0.493 e. The third-order valence-electron chi connectivity index (χ3n) is 4.61. The van der Waals surface area contributed by atoms with Gasteiger partial charge in [0, 0.05) is 36.7 Å². The predicted molar refractivity (Wildman–Crippen MR) is 97.3 cm³/mol. The number of carbonyl (C=O) groups excluding carboxylic acids is 1. The highest BCUT2D eigenvalue weighted by molar-refractivity contribution is 5.90. The number of nitrogens with one attached hydrogen (secondary N) is 1. The highest BCUT2D eigenvalue weighted by Crippen LogP contribution is 2.34. The maximum atomic E-state index is 12.9. The number of methoxy groups -OCH3 is 2. The van der Waals surface area contributed by atoms with Gasteiger partial charge in [0.05, 0.1) is 20.3 Å². The van der Waals surface area contributed by atoms with Gasteiger partial charge in [-0.15, -0.1) is 0 Å². The number of carbonyl (C=O) groups is 1. The Balaban J connectivity index is 1.81. The molecule has 2 heterocycles. The smallest absolute Gasteiger partial charge is 0.322 e. The van der Waals surface area contributed by atoms with Crippen molar-refractivity contribution in [1.82, 2.24) is 9.47 Å². The fourth-order valence-corrected chi connectivity index (χ4v) is 3.45. The van der Waals surface area contributed by atoms with Crippen LogP contribution in [0.5, 0.6) is 11.5 Å². The van der Waals surface area contributed by atoms with Crippen LogP contribution in [0.15, 0.2) is 36.5 Å². The van der Waals surface area contributed by atoms with E-state index in [-0.39, 0.29) is 12.1 Å². The molecule has 3 rings (SSSR count). The molecule has 0 fully saturated rings. The van der Waals surface area contributed by atoms with E-state index in [4.69, 9.17) is 9.47 Å². The van der Waals surface area contributed by atoms with Crippen molar-refractivity contribution in [3.8, 4) is 11.5 Å². The summed E-state index contributed by atoms with van der Waals surface area (Å²) in [5.41, 5.74) is 1.87. The molecule has 0 aliphatic carbocycles. The van der Waals surface area contributed by atoms with Crippen molar-refractivity contribution in [1.29, 1.82) is 0 Å². The maximum Gasteiger partial charge on any atom is 0.322 e. The molecule has 1 N–H and O–H groups in total. The van der Waals surface area contributed by atoms with Crippen LogP contribution in [0, 0.1) is 5.92 Å². The van der Waals surface area contributed by atoms with Crippen molar-refractivity contribution in [3.63, 3.8) is 0 Å². The van der Waals surface area contributed by atoms with E-state index in [0.717, 1.165) is 6.54 Å². The van der Waals surface area contributed by atoms with Gasteiger partial charge in [-0.2, -0.15) is 0 Å². The minimum atomic E-state index is -0.0987. The van der Waals surface area contributed by atoms with E-state index in [1.807, 2.05) is 17.0 Å². The first-order chi connectivity index (χ1) is 12.0. The predicted octanol–water partition coefficient (Wildman–Crippen LogP) is 3.75. The van der Waals surface area contributed by atoms with Gasteiger partial charge < -0.3 is 24.3 Å². The van der Waals surface area contributed by atoms with Gasteiger partial charge in [0.1, 0.15) is 0 Å². The molecule has 6 heteroatoms.